The Bertz CT molecular complexity index is 1220. The van der Waals surface area contributed by atoms with Crippen LogP contribution in [0.5, 0.6) is 0 Å². The molecule has 0 spiro atoms. The minimum Gasteiger partial charge on any atom is -0.481 e. The van der Waals surface area contributed by atoms with E-state index in [2.05, 4.69) is 10.6 Å². The number of alkyl carbamates (subject to hydrolysis) is 1. The fourth-order valence-electron chi connectivity index (χ4n) is 4.37. The number of carbonyl (C=O) groups excluding carboxylic acids is 5. The molecule has 1 aliphatic heterocycles. The molecule has 0 saturated carbocycles. The molecule has 1 aliphatic rings. The molecule has 2 aromatic carbocycles. The zero-order chi connectivity index (χ0) is 29.8. The highest BCUT2D eigenvalue weighted by atomic mass is 16.5. The lowest BCUT2D eigenvalue weighted by molar-refractivity contribution is -0.142. The summed E-state index contributed by atoms with van der Waals surface area (Å²) in [5.41, 5.74) is 1.72. The maximum Gasteiger partial charge on any atom is 0.408 e. The molecule has 1 unspecified atom stereocenters. The molecule has 0 aromatic heterocycles. The van der Waals surface area contributed by atoms with Gasteiger partial charge in [-0.05, 0) is 24.5 Å². The van der Waals surface area contributed by atoms with Gasteiger partial charge in [-0.3, -0.25) is 19.2 Å². The SMILES string of the molecule is CC(C(=O)N[C@H](C=O)CC(=O)O)N1CCN(C(=O)CCc2ccccc2)C[C@H](NC(=O)OCc2ccccc2)C1=O. The Morgan fingerprint density at radius 3 is 2.27 bits per heavy atom. The van der Waals surface area contributed by atoms with Crippen LogP contribution in [0.15, 0.2) is 60.7 Å². The first-order chi connectivity index (χ1) is 19.7. The predicted octanol–water partition coefficient (Wildman–Crippen LogP) is 1.13. The molecule has 3 rings (SSSR count). The third kappa shape index (κ3) is 9.45. The third-order valence-corrected chi connectivity index (χ3v) is 6.66. The van der Waals surface area contributed by atoms with Gasteiger partial charge in [-0.15, -0.1) is 0 Å². The lowest BCUT2D eigenvalue weighted by Gasteiger charge is -2.29. The Morgan fingerprint density at radius 2 is 1.66 bits per heavy atom. The molecule has 0 bridgehead atoms. The van der Waals surface area contributed by atoms with E-state index in [1.807, 2.05) is 36.4 Å². The van der Waals surface area contributed by atoms with E-state index in [0.29, 0.717) is 12.7 Å². The van der Waals surface area contributed by atoms with Crippen molar-refractivity contribution >= 4 is 36.1 Å². The second-order valence-electron chi connectivity index (χ2n) is 9.64. The van der Waals surface area contributed by atoms with Crippen LogP contribution in [0.3, 0.4) is 0 Å². The van der Waals surface area contributed by atoms with E-state index in [1.165, 1.54) is 16.7 Å². The van der Waals surface area contributed by atoms with Crippen molar-refractivity contribution in [1.82, 2.24) is 20.4 Å². The van der Waals surface area contributed by atoms with Crippen molar-refractivity contribution in [3.8, 4) is 0 Å². The van der Waals surface area contributed by atoms with Gasteiger partial charge in [0.05, 0.1) is 19.0 Å². The largest absolute Gasteiger partial charge is 0.481 e. The fourth-order valence-corrected chi connectivity index (χ4v) is 4.37. The smallest absolute Gasteiger partial charge is 0.408 e. The number of aryl methyl sites for hydroxylation is 1. The number of hydrogen-bond donors (Lipinski definition) is 3. The summed E-state index contributed by atoms with van der Waals surface area (Å²) < 4.78 is 5.27. The van der Waals surface area contributed by atoms with Crippen LogP contribution in [0.2, 0.25) is 0 Å². The molecule has 3 N–H and O–H groups in total. The van der Waals surface area contributed by atoms with Crippen molar-refractivity contribution in [2.45, 2.75) is 50.9 Å². The Kier molecular flexibility index (Phi) is 11.4. The van der Waals surface area contributed by atoms with E-state index < -0.39 is 48.4 Å². The summed E-state index contributed by atoms with van der Waals surface area (Å²) in [6.45, 7) is 1.33. The second-order valence-corrected chi connectivity index (χ2v) is 9.64. The molecule has 2 aromatic rings. The molecule has 12 heteroatoms. The van der Waals surface area contributed by atoms with Crippen LogP contribution in [0.1, 0.15) is 30.9 Å². The number of benzene rings is 2. The molecule has 0 aliphatic carbocycles. The molecule has 218 valence electrons. The van der Waals surface area contributed by atoms with Crippen LogP contribution in [-0.2, 0) is 41.7 Å². The maximum absolute atomic E-state index is 13.6. The van der Waals surface area contributed by atoms with Gasteiger partial charge in [-0.1, -0.05) is 60.7 Å². The maximum atomic E-state index is 13.6. The minimum absolute atomic E-state index is 0.0214. The zero-order valence-corrected chi connectivity index (χ0v) is 22.7. The van der Waals surface area contributed by atoms with Crippen molar-refractivity contribution in [2.75, 3.05) is 19.6 Å². The van der Waals surface area contributed by atoms with E-state index in [9.17, 15) is 28.8 Å². The molecule has 1 fully saturated rings. The summed E-state index contributed by atoms with van der Waals surface area (Å²) in [5, 5.41) is 13.8. The number of rotatable bonds is 12. The number of carboxylic acids is 1. The Balaban J connectivity index is 1.73. The monoisotopic (exact) mass is 566 g/mol. The molecular formula is C29H34N4O8. The Morgan fingerprint density at radius 1 is 1.02 bits per heavy atom. The molecule has 1 heterocycles. The molecular weight excluding hydrogens is 532 g/mol. The van der Waals surface area contributed by atoms with Crippen LogP contribution in [0.25, 0.3) is 0 Å². The second kappa shape index (κ2) is 15.2. The third-order valence-electron chi connectivity index (χ3n) is 6.66. The van der Waals surface area contributed by atoms with Crippen LogP contribution in [0, 0.1) is 0 Å². The molecule has 41 heavy (non-hydrogen) atoms. The van der Waals surface area contributed by atoms with E-state index in [4.69, 9.17) is 9.84 Å². The summed E-state index contributed by atoms with van der Waals surface area (Å²) in [6.07, 6.45) is -0.513. The number of carbonyl (C=O) groups is 6. The number of nitrogens with one attached hydrogen (secondary N) is 2. The number of carboxylic acid groups (broad SMARTS) is 1. The van der Waals surface area contributed by atoms with Gasteiger partial charge in [0.25, 0.3) is 0 Å². The first-order valence-electron chi connectivity index (χ1n) is 13.2. The van der Waals surface area contributed by atoms with Crippen molar-refractivity contribution in [3.63, 3.8) is 0 Å². The normalized spacial score (nSPS) is 16.6. The molecule has 4 amide bonds. The van der Waals surface area contributed by atoms with Gasteiger partial charge in [0.1, 0.15) is 25.0 Å². The molecule has 12 nitrogen and oxygen atoms in total. The zero-order valence-electron chi connectivity index (χ0n) is 22.7. The first-order valence-corrected chi connectivity index (χ1v) is 13.2. The summed E-state index contributed by atoms with van der Waals surface area (Å²) in [7, 11) is 0. The minimum atomic E-state index is -1.28. The van der Waals surface area contributed by atoms with Crippen molar-refractivity contribution in [2.24, 2.45) is 0 Å². The topological polar surface area (TPSA) is 162 Å². The summed E-state index contributed by atoms with van der Waals surface area (Å²) in [4.78, 5) is 77.1. The summed E-state index contributed by atoms with van der Waals surface area (Å²) in [6, 6.07) is 14.8. The van der Waals surface area contributed by atoms with Gasteiger partial charge in [0.2, 0.25) is 17.7 Å². The van der Waals surface area contributed by atoms with E-state index in [1.54, 1.807) is 24.3 Å². The first kappa shape index (κ1) is 30.8. The lowest BCUT2D eigenvalue weighted by atomic mass is 10.1. The van der Waals surface area contributed by atoms with Crippen molar-refractivity contribution < 1.29 is 38.6 Å². The highest BCUT2D eigenvalue weighted by Gasteiger charge is 2.37. The number of nitrogens with zero attached hydrogens (tertiary/aromatic N) is 2. The fraction of sp³-hybridized carbons (Fsp3) is 0.379. The number of aldehydes is 1. The van der Waals surface area contributed by atoms with Gasteiger partial charge < -0.3 is 35.1 Å². The van der Waals surface area contributed by atoms with Gasteiger partial charge in [0, 0.05) is 19.5 Å². The van der Waals surface area contributed by atoms with Crippen LogP contribution in [0.4, 0.5) is 4.79 Å². The average Bonchev–Trinajstić information content (AvgIpc) is 3.13. The summed E-state index contributed by atoms with van der Waals surface area (Å²) in [5.74, 6) is -2.87. The lowest BCUT2D eigenvalue weighted by Crippen LogP contribution is -2.56. The highest BCUT2D eigenvalue weighted by Crippen LogP contribution is 2.14. The number of amides is 4. The molecule has 1 saturated heterocycles. The molecule has 3 atom stereocenters. The van der Waals surface area contributed by atoms with Gasteiger partial charge in [-0.25, -0.2) is 4.79 Å². The Labute approximate surface area is 237 Å². The number of hydrogen-bond acceptors (Lipinski definition) is 7. The number of aliphatic carboxylic acids is 1. The van der Waals surface area contributed by atoms with Crippen LogP contribution in [-0.4, -0.2) is 88.7 Å². The average molecular weight is 567 g/mol. The Hall–Kier alpha value is -4.74. The quantitative estimate of drug-likeness (QED) is 0.322. The standard InChI is InChI=1S/C29H34N4O8/c1-20(27(38)30-23(18-34)16-26(36)37)33-15-14-32(25(35)13-12-21-8-4-2-5-9-21)17-24(28(33)39)31-29(40)41-19-22-10-6-3-7-11-22/h2-11,18,20,23-24H,12-17,19H2,1H3,(H,30,38)(H,31,40)(H,36,37)/t20?,23-,24-/m0/s1. The van der Waals surface area contributed by atoms with E-state index in [0.717, 1.165) is 11.1 Å². The summed E-state index contributed by atoms with van der Waals surface area (Å²) >= 11 is 0. The van der Waals surface area contributed by atoms with Crippen molar-refractivity contribution in [1.29, 1.82) is 0 Å². The predicted molar refractivity (Wildman–Crippen MR) is 146 cm³/mol. The van der Waals surface area contributed by atoms with Gasteiger partial charge in [0.15, 0.2) is 0 Å². The van der Waals surface area contributed by atoms with Crippen LogP contribution >= 0.6 is 0 Å². The van der Waals surface area contributed by atoms with Gasteiger partial charge in [-0.2, -0.15) is 0 Å². The van der Waals surface area contributed by atoms with Crippen molar-refractivity contribution in [3.05, 3.63) is 71.8 Å². The van der Waals surface area contributed by atoms with E-state index >= 15 is 0 Å². The van der Waals surface area contributed by atoms with E-state index in [-0.39, 0.29) is 38.6 Å². The van der Waals surface area contributed by atoms with Gasteiger partial charge >= 0.3 is 12.1 Å². The highest BCUT2D eigenvalue weighted by molar-refractivity contribution is 5.93. The number of ether oxygens (including phenoxy) is 1. The van der Waals surface area contributed by atoms with Crippen LogP contribution < -0.4 is 10.6 Å². The molecule has 0 radical (unpaired) electrons.